The molecule has 2 aliphatic rings. The molecular formula is C13H25NO. The van der Waals surface area contributed by atoms with E-state index in [4.69, 9.17) is 4.74 Å². The number of nitrogens with one attached hydrogen (secondary N) is 1. The number of ether oxygens (including phenoxy) is 1. The summed E-state index contributed by atoms with van der Waals surface area (Å²) in [6.07, 6.45) is 8.68. The van der Waals surface area contributed by atoms with Gasteiger partial charge in [-0.05, 0) is 38.0 Å². The standard InChI is InChI=1S/C13H25NO/c1-3-6-13(7-4-8-13)10-14-12-5-9-15-11(12)2/h11-12,14H,3-10H2,1-2H3. The summed E-state index contributed by atoms with van der Waals surface area (Å²) in [7, 11) is 0. The highest BCUT2D eigenvalue weighted by atomic mass is 16.5. The van der Waals surface area contributed by atoms with Crippen molar-refractivity contribution in [3.8, 4) is 0 Å². The number of rotatable bonds is 5. The zero-order valence-electron chi connectivity index (χ0n) is 10.2. The maximum Gasteiger partial charge on any atom is 0.0700 e. The van der Waals surface area contributed by atoms with Crippen LogP contribution in [0.1, 0.15) is 52.4 Å². The van der Waals surface area contributed by atoms with Gasteiger partial charge in [-0.2, -0.15) is 0 Å². The van der Waals surface area contributed by atoms with Gasteiger partial charge in [0.1, 0.15) is 0 Å². The van der Waals surface area contributed by atoms with Gasteiger partial charge in [0.25, 0.3) is 0 Å². The molecule has 2 nitrogen and oxygen atoms in total. The summed E-state index contributed by atoms with van der Waals surface area (Å²) in [6, 6.07) is 0.610. The van der Waals surface area contributed by atoms with Crippen LogP contribution in [0.5, 0.6) is 0 Å². The lowest BCUT2D eigenvalue weighted by molar-refractivity contribution is 0.0887. The first kappa shape index (κ1) is 11.4. The summed E-state index contributed by atoms with van der Waals surface area (Å²) in [5.74, 6) is 0. The predicted octanol–water partition coefficient (Wildman–Crippen LogP) is 2.72. The van der Waals surface area contributed by atoms with Crippen LogP contribution in [0, 0.1) is 5.41 Å². The van der Waals surface area contributed by atoms with Gasteiger partial charge in [0.2, 0.25) is 0 Å². The lowest BCUT2D eigenvalue weighted by Gasteiger charge is -2.43. The minimum atomic E-state index is 0.420. The van der Waals surface area contributed by atoms with Gasteiger partial charge in [0.15, 0.2) is 0 Å². The van der Waals surface area contributed by atoms with Crippen molar-refractivity contribution >= 4 is 0 Å². The van der Waals surface area contributed by atoms with E-state index in [2.05, 4.69) is 19.2 Å². The molecule has 1 aliphatic carbocycles. The van der Waals surface area contributed by atoms with Crippen LogP contribution in [0.25, 0.3) is 0 Å². The van der Waals surface area contributed by atoms with Crippen LogP contribution in [0.15, 0.2) is 0 Å². The van der Waals surface area contributed by atoms with Crippen molar-refractivity contribution in [3.05, 3.63) is 0 Å². The van der Waals surface area contributed by atoms with Crippen LogP contribution in [-0.2, 0) is 4.74 Å². The lowest BCUT2D eigenvalue weighted by atomic mass is 9.66. The van der Waals surface area contributed by atoms with Crippen LogP contribution in [0.2, 0.25) is 0 Å². The molecule has 1 N–H and O–H groups in total. The monoisotopic (exact) mass is 211 g/mol. The van der Waals surface area contributed by atoms with E-state index in [0.29, 0.717) is 17.6 Å². The minimum absolute atomic E-state index is 0.420. The third-order valence-corrected chi connectivity index (χ3v) is 4.31. The molecule has 2 fully saturated rings. The molecule has 1 saturated heterocycles. The van der Waals surface area contributed by atoms with Crippen molar-refractivity contribution in [3.63, 3.8) is 0 Å². The Morgan fingerprint density at radius 1 is 1.40 bits per heavy atom. The van der Waals surface area contributed by atoms with Crippen molar-refractivity contribution < 1.29 is 4.74 Å². The van der Waals surface area contributed by atoms with Gasteiger partial charge in [-0.3, -0.25) is 0 Å². The average Bonchev–Trinajstić information content (AvgIpc) is 2.56. The molecule has 0 spiro atoms. The Morgan fingerprint density at radius 3 is 2.67 bits per heavy atom. The molecule has 2 unspecified atom stereocenters. The summed E-state index contributed by atoms with van der Waals surface area (Å²) in [6.45, 7) is 6.66. The molecule has 88 valence electrons. The van der Waals surface area contributed by atoms with Crippen molar-refractivity contribution in [1.82, 2.24) is 5.32 Å². The second-order valence-electron chi connectivity index (χ2n) is 5.46. The van der Waals surface area contributed by atoms with Crippen molar-refractivity contribution in [1.29, 1.82) is 0 Å². The molecule has 0 bridgehead atoms. The van der Waals surface area contributed by atoms with Gasteiger partial charge in [-0.1, -0.05) is 19.8 Å². The molecule has 0 amide bonds. The first-order chi connectivity index (χ1) is 7.26. The van der Waals surface area contributed by atoms with Gasteiger partial charge in [0.05, 0.1) is 6.10 Å². The van der Waals surface area contributed by atoms with Crippen molar-refractivity contribution in [2.75, 3.05) is 13.2 Å². The van der Waals surface area contributed by atoms with E-state index in [9.17, 15) is 0 Å². The highest BCUT2D eigenvalue weighted by Crippen LogP contribution is 2.44. The van der Waals surface area contributed by atoms with E-state index in [1.165, 1.54) is 45.1 Å². The molecule has 0 aromatic heterocycles. The van der Waals surface area contributed by atoms with Gasteiger partial charge in [-0.15, -0.1) is 0 Å². The minimum Gasteiger partial charge on any atom is -0.377 e. The summed E-state index contributed by atoms with van der Waals surface area (Å²) in [5, 5.41) is 3.73. The second kappa shape index (κ2) is 4.84. The SMILES string of the molecule is CCCC1(CNC2CCOC2C)CCC1. The van der Waals surface area contributed by atoms with Crippen LogP contribution >= 0.6 is 0 Å². The van der Waals surface area contributed by atoms with Gasteiger partial charge in [0, 0.05) is 19.2 Å². The molecule has 1 saturated carbocycles. The van der Waals surface area contributed by atoms with Crippen molar-refractivity contribution in [2.24, 2.45) is 5.41 Å². The van der Waals surface area contributed by atoms with Crippen LogP contribution in [0.4, 0.5) is 0 Å². The third-order valence-electron chi connectivity index (χ3n) is 4.31. The summed E-state index contributed by atoms with van der Waals surface area (Å²) < 4.78 is 5.58. The highest BCUT2D eigenvalue weighted by Gasteiger charge is 2.37. The lowest BCUT2D eigenvalue weighted by Crippen LogP contribution is -2.45. The van der Waals surface area contributed by atoms with Crippen molar-refractivity contribution in [2.45, 2.75) is 64.5 Å². The zero-order valence-corrected chi connectivity index (χ0v) is 10.2. The van der Waals surface area contributed by atoms with E-state index in [1.54, 1.807) is 0 Å². The Bertz CT molecular complexity index is 201. The number of hydrogen-bond acceptors (Lipinski definition) is 2. The first-order valence-corrected chi connectivity index (χ1v) is 6.61. The van der Waals surface area contributed by atoms with E-state index in [0.717, 1.165) is 6.61 Å². The summed E-state index contributed by atoms with van der Waals surface area (Å²) in [4.78, 5) is 0. The fraction of sp³-hybridized carbons (Fsp3) is 1.00. The Labute approximate surface area is 93.8 Å². The number of hydrogen-bond donors (Lipinski definition) is 1. The Kier molecular flexibility index (Phi) is 3.68. The zero-order chi connectivity index (χ0) is 10.7. The Hall–Kier alpha value is -0.0800. The summed E-state index contributed by atoms with van der Waals surface area (Å²) in [5.41, 5.74) is 0.650. The highest BCUT2D eigenvalue weighted by molar-refractivity contribution is 4.91. The van der Waals surface area contributed by atoms with Gasteiger partial charge < -0.3 is 10.1 Å². The van der Waals surface area contributed by atoms with E-state index >= 15 is 0 Å². The summed E-state index contributed by atoms with van der Waals surface area (Å²) >= 11 is 0. The largest absolute Gasteiger partial charge is 0.377 e. The van der Waals surface area contributed by atoms with Gasteiger partial charge >= 0.3 is 0 Å². The van der Waals surface area contributed by atoms with E-state index < -0.39 is 0 Å². The molecule has 1 aliphatic heterocycles. The van der Waals surface area contributed by atoms with E-state index in [1.807, 2.05) is 0 Å². The normalized spacial score (nSPS) is 34.0. The molecule has 15 heavy (non-hydrogen) atoms. The third kappa shape index (κ3) is 2.54. The predicted molar refractivity (Wildman–Crippen MR) is 63.0 cm³/mol. The Balaban J connectivity index is 1.75. The molecule has 1 heterocycles. The molecule has 2 heteroatoms. The smallest absolute Gasteiger partial charge is 0.0700 e. The van der Waals surface area contributed by atoms with Crippen LogP contribution in [0.3, 0.4) is 0 Å². The average molecular weight is 211 g/mol. The molecule has 2 rings (SSSR count). The molecule has 0 aromatic rings. The van der Waals surface area contributed by atoms with Gasteiger partial charge in [-0.25, -0.2) is 0 Å². The fourth-order valence-electron chi connectivity index (χ4n) is 3.07. The Morgan fingerprint density at radius 2 is 2.20 bits per heavy atom. The topological polar surface area (TPSA) is 21.3 Å². The first-order valence-electron chi connectivity index (χ1n) is 6.61. The fourth-order valence-corrected chi connectivity index (χ4v) is 3.07. The maximum absolute atomic E-state index is 5.58. The molecule has 0 radical (unpaired) electrons. The quantitative estimate of drug-likeness (QED) is 0.755. The maximum atomic E-state index is 5.58. The van der Waals surface area contributed by atoms with Crippen LogP contribution < -0.4 is 5.32 Å². The molecule has 2 atom stereocenters. The molecular weight excluding hydrogens is 186 g/mol. The van der Waals surface area contributed by atoms with Crippen LogP contribution in [-0.4, -0.2) is 25.3 Å². The molecule has 0 aromatic carbocycles. The second-order valence-corrected chi connectivity index (χ2v) is 5.46. The van der Waals surface area contributed by atoms with E-state index in [-0.39, 0.29) is 0 Å².